The van der Waals surface area contributed by atoms with E-state index in [4.69, 9.17) is 22.1 Å². The summed E-state index contributed by atoms with van der Waals surface area (Å²) >= 11 is 5.83. The van der Waals surface area contributed by atoms with Crippen LogP contribution in [0, 0.1) is 17.8 Å². The van der Waals surface area contributed by atoms with Crippen molar-refractivity contribution in [1.82, 2.24) is 9.88 Å². The predicted molar refractivity (Wildman–Crippen MR) is 95.8 cm³/mol. The number of hydrogen-bond acceptors (Lipinski definition) is 4. The SMILES string of the molecule is NC[C@@H]1C[C@H]2CN(C(=O)c3cccc(Oc4ccc(Cl)cn4)c3)C[C@@H]12. The van der Waals surface area contributed by atoms with E-state index in [-0.39, 0.29) is 5.91 Å². The number of benzene rings is 1. The summed E-state index contributed by atoms with van der Waals surface area (Å²) in [4.78, 5) is 18.9. The predicted octanol–water partition coefficient (Wildman–Crippen LogP) is 3.19. The topological polar surface area (TPSA) is 68.5 Å². The number of carbonyl (C=O) groups is 1. The molecule has 6 heteroatoms. The van der Waals surface area contributed by atoms with Gasteiger partial charge in [-0.2, -0.15) is 0 Å². The van der Waals surface area contributed by atoms with Crippen molar-refractivity contribution in [3.05, 3.63) is 53.2 Å². The molecular formula is C19H20ClN3O2. The number of likely N-dealkylation sites (tertiary alicyclic amines) is 1. The highest BCUT2D eigenvalue weighted by Crippen LogP contribution is 2.45. The number of halogens is 1. The van der Waals surface area contributed by atoms with Crippen molar-refractivity contribution in [3.8, 4) is 11.6 Å². The van der Waals surface area contributed by atoms with Gasteiger partial charge in [0, 0.05) is 30.9 Å². The van der Waals surface area contributed by atoms with Crippen molar-refractivity contribution in [3.63, 3.8) is 0 Å². The summed E-state index contributed by atoms with van der Waals surface area (Å²) in [6.07, 6.45) is 2.68. The Labute approximate surface area is 151 Å². The van der Waals surface area contributed by atoms with Crippen LogP contribution >= 0.6 is 11.6 Å². The Morgan fingerprint density at radius 2 is 2.20 bits per heavy atom. The highest BCUT2D eigenvalue weighted by Gasteiger charge is 2.47. The fraction of sp³-hybridized carbons (Fsp3) is 0.368. The van der Waals surface area contributed by atoms with E-state index in [9.17, 15) is 4.79 Å². The summed E-state index contributed by atoms with van der Waals surface area (Å²) < 4.78 is 5.72. The van der Waals surface area contributed by atoms with Crippen LogP contribution in [0.1, 0.15) is 16.8 Å². The van der Waals surface area contributed by atoms with Gasteiger partial charge >= 0.3 is 0 Å². The van der Waals surface area contributed by atoms with E-state index in [0.717, 1.165) is 26.1 Å². The molecule has 25 heavy (non-hydrogen) atoms. The summed E-state index contributed by atoms with van der Waals surface area (Å²) in [7, 11) is 0. The van der Waals surface area contributed by atoms with Gasteiger partial charge in [0.05, 0.1) is 5.02 Å². The zero-order valence-electron chi connectivity index (χ0n) is 13.8. The van der Waals surface area contributed by atoms with Gasteiger partial charge < -0.3 is 15.4 Å². The Hall–Kier alpha value is -2.11. The minimum Gasteiger partial charge on any atom is -0.439 e. The molecule has 2 fully saturated rings. The number of pyridine rings is 1. The second-order valence-corrected chi connectivity index (χ2v) is 7.25. The van der Waals surface area contributed by atoms with E-state index in [1.165, 1.54) is 6.20 Å². The summed E-state index contributed by atoms with van der Waals surface area (Å²) in [6.45, 7) is 2.37. The van der Waals surface area contributed by atoms with Crippen LogP contribution in [-0.4, -0.2) is 35.4 Å². The number of fused-ring (bicyclic) bond motifs is 1. The van der Waals surface area contributed by atoms with E-state index in [2.05, 4.69) is 4.98 Å². The summed E-state index contributed by atoms with van der Waals surface area (Å²) in [5, 5.41) is 0.552. The van der Waals surface area contributed by atoms with Gasteiger partial charge in [0.25, 0.3) is 5.91 Å². The molecule has 2 heterocycles. The number of hydrogen-bond donors (Lipinski definition) is 1. The summed E-state index contributed by atoms with van der Waals surface area (Å²) in [5.41, 5.74) is 6.43. The van der Waals surface area contributed by atoms with Gasteiger partial charge in [-0.1, -0.05) is 17.7 Å². The van der Waals surface area contributed by atoms with Gasteiger partial charge in [0.2, 0.25) is 5.88 Å². The Morgan fingerprint density at radius 3 is 2.96 bits per heavy atom. The minimum absolute atomic E-state index is 0.0553. The first kappa shape index (κ1) is 16.4. The Morgan fingerprint density at radius 1 is 1.32 bits per heavy atom. The Kier molecular flexibility index (Phi) is 4.36. The molecule has 1 aliphatic carbocycles. The van der Waals surface area contributed by atoms with Crippen LogP contribution in [0.15, 0.2) is 42.6 Å². The van der Waals surface area contributed by atoms with Crippen LogP contribution in [0.25, 0.3) is 0 Å². The van der Waals surface area contributed by atoms with Crippen LogP contribution in [0.3, 0.4) is 0 Å². The molecule has 1 aromatic heterocycles. The monoisotopic (exact) mass is 357 g/mol. The van der Waals surface area contributed by atoms with Crippen LogP contribution in [0.2, 0.25) is 5.02 Å². The number of nitrogens with zero attached hydrogens (tertiary/aromatic N) is 2. The van der Waals surface area contributed by atoms with Crippen molar-refractivity contribution in [2.24, 2.45) is 23.5 Å². The highest BCUT2D eigenvalue weighted by molar-refractivity contribution is 6.30. The molecular weight excluding hydrogens is 338 g/mol. The summed E-state index contributed by atoms with van der Waals surface area (Å²) in [5.74, 6) is 2.86. The van der Waals surface area contributed by atoms with E-state index < -0.39 is 0 Å². The van der Waals surface area contributed by atoms with Gasteiger partial charge in [-0.25, -0.2) is 4.98 Å². The molecule has 2 aromatic rings. The third kappa shape index (κ3) is 3.22. The lowest BCUT2D eigenvalue weighted by atomic mass is 9.67. The Bertz CT molecular complexity index is 780. The molecule has 1 saturated carbocycles. The van der Waals surface area contributed by atoms with E-state index in [0.29, 0.717) is 40.0 Å². The van der Waals surface area contributed by atoms with E-state index in [1.807, 2.05) is 23.1 Å². The van der Waals surface area contributed by atoms with Gasteiger partial charge in [-0.3, -0.25) is 4.79 Å². The highest BCUT2D eigenvalue weighted by atomic mass is 35.5. The van der Waals surface area contributed by atoms with Crippen molar-refractivity contribution in [2.75, 3.05) is 19.6 Å². The molecule has 0 unspecified atom stereocenters. The molecule has 2 aliphatic rings. The fourth-order valence-electron chi connectivity index (χ4n) is 3.90. The first-order valence-electron chi connectivity index (χ1n) is 8.53. The molecule has 1 aliphatic heterocycles. The first-order valence-corrected chi connectivity index (χ1v) is 8.90. The van der Waals surface area contributed by atoms with Crippen molar-refractivity contribution in [1.29, 1.82) is 0 Å². The molecule has 0 radical (unpaired) electrons. The number of amides is 1. The second-order valence-electron chi connectivity index (χ2n) is 6.81. The van der Waals surface area contributed by atoms with E-state index >= 15 is 0 Å². The maximum atomic E-state index is 12.8. The molecule has 130 valence electrons. The smallest absolute Gasteiger partial charge is 0.254 e. The lowest BCUT2D eigenvalue weighted by Crippen LogP contribution is -2.40. The van der Waals surface area contributed by atoms with Gasteiger partial charge in [-0.05, 0) is 55.0 Å². The summed E-state index contributed by atoms with van der Waals surface area (Å²) in [6, 6.07) is 10.6. The van der Waals surface area contributed by atoms with Crippen molar-refractivity contribution in [2.45, 2.75) is 6.42 Å². The van der Waals surface area contributed by atoms with Crippen LogP contribution < -0.4 is 10.5 Å². The molecule has 0 bridgehead atoms. The van der Waals surface area contributed by atoms with Crippen molar-refractivity contribution < 1.29 is 9.53 Å². The van der Waals surface area contributed by atoms with Crippen LogP contribution in [0.4, 0.5) is 0 Å². The Balaban J connectivity index is 1.46. The fourth-order valence-corrected chi connectivity index (χ4v) is 4.01. The molecule has 2 N–H and O–H groups in total. The molecule has 4 rings (SSSR count). The van der Waals surface area contributed by atoms with Gasteiger partial charge in [-0.15, -0.1) is 0 Å². The molecule has 1 amide bonds. The third-order valence-corrected chi connectivity index (χ3v) is 5.52. The number of carbonyl (C=O) groups excluding carboxylic acids is 1. The number of nitrogens with two attached hydrogens (primary N) is 1. The lowest BCUT2D eigenvalue weighted by molar-refractivity contribution is 0.0785. The van der Waals surface area contributed by atoms with Crippen molar-refractivity contribution >= 4 is 17.5 Å². The molecule has 0 spiro atoms. The maximum absolute atomic E-state index is 12.8. The zero-order chi connectivity index (χ0) is 17.4. The number of rotatable bonds is 4. The average Bonchev–Trinajstić information content (AvgIpc) is 2.94. The average molecular weight is 358 g/mol. The normalized spacial score (nSPS) is 24.6. The number of aromatic nitrogens is 1. The quantitative estimate of drug-likeness (QED) is 0.912. The maximum Gasteiger partial charge on any atom is 0.254 e. The van der Waals surface area contributed by atoms with Gasteiger partial charge in [0.15, 0.2) is 0 Å². The van der Waals surface area contributed by atoms with Gasteiger partial charge in [0.1, 0.15) is 5.75 Å². The molecule has 1 aromatic carbocycles. The van der Waals surface area contributed by atoms with Crippen LogP contribution in [0.5, 0.6) is 11.6 Å². The largest absolute Gasteiger partial charge is 0.439 e. The molecule has 5 nitrogen and oxygen atoms in total. The standard InChI is InChI=1S/C19H20ClN3O2/c20-15-4-5-18(22-9-15)25-16-3-1-2-12(7-16)19(24)23-10-14-6-13(8-21)17(14)11-23/h1-5,7,9,13-14,17H,6,8,10-11,21H2/t13-,14-,17-/m0/s1. The lowest BCUT2D eigenvalue weighted by Gasteiger charge is -2.38. The molecule has 3 atom stereocenters. The third-order valence-electron chi connectivity index (χ3n) is 5.30. The first-order chi connectivity index (χ1) is 12.1. The molecule has 1 saturated heterocycles. The second kappa shape index (κ2) is 6.65. The zero-order valence-corrected chi connectivity index (χ0v) is 14.5. The number of ether oxygens (including phenoxy) is 1. The minimum atomic E-state index is 0.0553. The van der Waals surface area contributed by atoms with Crippen LogP contribution in [-0.2, 0) is 0 Å². The van der Waals surface area contributed by atoms with E-state index in [1.54, 1.807) is 18.2 Å².